The Balaban J connectivity index is 1.98. The molecule has 5 nitrogen and oxygen atoms in total. The van der Waals surface area contributed by atoms with Crippen LogP contribution in [0.15, 0.2) is 29.6 Å². The molecule has 1 heterocycles. The second-order valence-corrected chi connectivity index (χ2v) is 6.49. The van der Waals surface area contributed by atoms with E-state index < -0.39 is 0 Å². The molecule has 1 aromatic carbocycles. The number of nitrogens with zero attached hydrogens (tertiary/aromatic N) is 2. The molecule has 0 radical (unpaired) electrons. The van der Waals surface area contributed by atoms with E-state index in [1.165, 1.54) is 0 Å². The maximum absolute atomic E-state index is 12.4. The van der Waals surface area contributed by atoms with E-state index in [9.17, 15) is 4.79 Å². The van der Waals surface area contributed by atoms with Gasteiger partial charge in [-0.1, -0.05) is 29.8 Å². The number of methoxy groups -OCH3 is 1. The summed E-state index contributed by atoms with van der Waals surface area (Å²) in [4.78, 5) is 18.5. The number of ether oxygens (including phenoxy) is 1. The maximum Gasteiger partial charge on any atom is 0.318 e. The van der Waals surface area contributed by atoms with Gasteiger partial charge < -0.3 is 15.0 Å². The Morgan fingerprint density at radius 1 is 1.43 bits per heavy atom. The summed E-state index contributed by atoms with van der Waals surface area (Å²) in [6, 6.07) is 7.36. The van der Waals surface area contributed by atoms with E-state index in [4.69, 9.17) is 16.3 Å². The van der Waals surface area contributed by atoms with Crippen molar-refractivity contribution < 1.29 is 9.53 Å². The van der Waals surface area contributed by atoms with Crippen molar-refractivity contribution in [1.29, 1.82) is 0 Å². The zero-order chi connectivity index (χ0) is 16.7. The van der Waals surface area contributed by atoms with E-state index in [1.54, 1.807) is 23.3 Å². The zero-order valence-corrected chi connectivity index (χ0v) is 14.8. The van der Waals surface area contributed by atoms with Crippen LogP contribution in [-0.4, -0.2) is 36.2 Å². The molecule has 7 heteroatoms. The predicted octanol–water partition coefficient (Wildman–Crippen LogP) is 3.46. The smallest absolute Gasteiger partial charge is 0.318 e. The number of aromatic nitrogens is 1. The molecule has 0 saturated carbocycles. The molecule has 0 aliphatic rings. The summed E-state index contributed by atoms with van der Waals surface area (Å²) in [5, 5.41) is 6.48. The van der Waals surface area contributed by atoms with Crippen LogP contribution in [0.4, 0.5) is 4.79 Å². The third-order valence-electron chi connectivity index (χ3n) is 3.26. The Morgan fingerprint density at radius 3 is 2.87 bits per heavy atom. The molecule has 124 valence electrons. The molecule has 2 aromatic rings. The molecule has 0 aliphatic heterocycles. The number of thiazole rings is 1. The van der Waals surface area contributed by atoms with Crippen molar-refractivity contribution in [3.63, 3.8) is 0 Å². The Kier molecular flexibility index (Phi) is 6.83. The van der Waals surface area contributed by atoms with Crippen LogP contribution >= 0.6 is 22.9 Å². The number of hydrogen-bond donors (Lipinski definition) is 1. The lowest BCUT2D eigenvalue weighted by Crippen LogP contribution is -2.41. The summed E-state index contributed by atoms with van der Waals surface area (Å²) in [5.41, 5.74) is 1.77. The van der Waals surface area contributed by atoms with Crippen molar-refractivity contribution in [2.24, 2.45) is 0 Å². The Morgan fingerprint density at radius 2 is 2.22 bits per heavy atom. The van der Waals surface area contributed by atoms with Crippen molar-refractivity contribution in [2.75, 3.05) is 20.3 Å². The molecule has 0 spiro atoms. The summed E-state index contributed by atoms with van der Waals surface area (Å²) in [5.74, 6) is 0. The molecular formula is C16H20ClN3O2S. The monoisotopic (exact) mass is 353 g/mol. The number of carbonyl (C=O) groups is 1. The van der Waals surface area contributed by atoms with Gasteiger partial charge in [0.15, 0.2) is 0 Å². The van der Waals surface area contributed by atoms with Crippen molar-refractivity contribution in [3.8, 4) is 0 Å². The number of benzene rings is 1. The summed E-state index contributed by atoms with van der Waals surface area (Å²) in [7, 11) is 1.61. The number of urea groups is 1. The number of hydrogen-bond acceptors (Lipinski definition) is 4. The number of aryl methyl sites for hydroxylation is 1. The van der Waals surface area contributed by atoms with Gasteiger partial charge in [-0.2, -0.15) is 0 Å². The highest BCUT2D eigenvalue weighted by molar-refractivity contribution is 7.09. The quantitative estimate of drug-likeness (QED) is 0.829. The standard InChI is InChI=1S/C16H20ClN3O2S/c1-12-19-14(11-23-12)9-18-16(21)20(7-8-22-2)10-13-5-3-4-6-15(13)17/h3-6,11H,7-10H2,1-2H3,(H,18,21). The van der Waals surface area contributed by atoms with Gasteiger partial charge in [-0.3, -0.25) is 0 Å². The Hall–Kier alpha value is -1.63. The van der Waals surface area contributed by atoms with Crippen LogP contribution in [0.3, 0.4) is 0 Å². The molecule has 0 bridgehead atoms. The van der Waals surface area contributed by atoms with Gasteiger partial charge in [-0.05, 0) is 18.6 Å². The van der Waals surface area contributed by atoms with Crippen molar-refractivity contribution in [2.45, 2.75) is 20.0 Å². The molecule has 0 atom stereocenters. The molecule has 1 N–H and O–H groups in total. The van der Waals surface area contributed by atoms with Crippen LogP contribution in [-0.2, 0) is 17.8 Å². The third-order valence-corrected chi connectivity index (χ3v) is 4.45. The summed E-state index contributed by atoms with van der Waals surface area (Å²) in [6.45, 7) is 3.75. The van der Waals surface area contributed by atoms with Gasteiger partial charge in [0, 0.05) is 30.6 Å². The first-order valence-electron chi connectivity index (χ1n) is 7.26. The SMILES string of the molecule is COCCN(Cc1ccccc1Cl)C(=O)NCc1csc(C)n1. The Labute approximate surface area is 145 Å². The first-order chi connectivity index (χ1) is 11.1. The van der Waals surface area contributed by atoms with E-state index in [0.29, 0.717) is 31.3 Å². The maximum atomic E-state index is 12.4. The van der Waals surface area contributed by atoms with E-state index in [1.807, 2.05) is 36.6 Å². The van der Waals surface area contributed by atoms with Crippen molar-refractivity contribution in [1.82, 2.24) is 15.2 Å². The van der Waals surface area contributed by atoms with Crippen molar-refractivity contribution in [3.05, 3.63) is 50.9 Å². The first kappa shape index (κ1) is 17.7. The predicted molar refractivity (Wildman–Crippen MR) is 92.8 cm³/mol. The lowest BCUT2D eigenvalue weighted by molar-refractivity contribution is 0.146. The number of rotatable bonds is 7. The van der Waals surface area contributed by atoms with Gasteiger partial charge in [-0.25, -0.2) is 9.78 Å². The minimum Gasteiger partial charge on any atom is -0.383 e. The normalized spacial score (nSPS) is 10.6. The lowest BCUT2D eigenvalue weighted by Gasteiger charge is -2.23. The fourth-order valence-electron chi connectivity index (χ4n) is 2.05. The zero-order valence-electron chi connectivity index (χ0n) is 13.2. The molecule has 0 saturated heterocycles. The van der Waals surface area contributed by atoms with Gasteiger partial charge in [0.05, 0.1) is 23.9 Å². The highest BCUT2D eigenvalue weighted by Crippen LogP contribution is 2.17. The summed E-state index contributed by atoms with van der Waals surface area (Å²) >= 11 is 7.75. The molecular weight excluding hydrogens is 334 g/mol. The van der Waals surface area contributed by atoms with Crippen LogP contribution in [0.25, 0.3) is 0 Å². The number of amides is 2. The molecule has 23 heavy (non-hydrogen) atoms. The van der Waals surface area contributed by atoms with Crippen LogP contribution < -0.4 is 5.32 Å². The molecule has 1 aromatic heterocycles. The van der Waals surface area contributed by atoms with E-state index in [0.717, 1.165) is 16.3 Å². The van der Waals surface area contributed by atoms with Crippen LogP contribution in [0.1, 0.15) is 16.3 Å². The highest BCUT2D eigenvalue weighted by Gasteiger charge is 2.15. The molecule has 2 amide bonds. The minimum atomic E-state index is -0.160. The van der Waals surface area contributed by atoms with E-state index >= 15 is 0 Å². The molecule has 0 fully saturated rings. The van der Waals surface area contributed by atoms with Crippen LogP contribution in [0.5, 0.6) is 0 Å². The number of nitrogens with one attached hydrogen (secondary N) is 1. The summed E-state index contributed by atoms with van der Waals surface area (Å²) < 4.78 is 5.09. The average molecular weight is 354 g/mol. The molecule has 0 unspecified atom stereocenters. The second kappa shape index (κ2) is 8.86. The van der Waals surface area contributed by atoms with Crippen LogP contribution in [0, 0.1) is 6.92 Å². The Bertz CT molecular complexity index is 648. The second-order valence-electron chi connectivity index (χ2n) is 5.02. The van der Waals surface area contributed by atoms with E-state index in [-0.39, 0.29) is 6.03 Å². The van der Waals surface area contributed by atoms with Gasteiger partial charge in [0.1, 0.15) is 0 Å². The average Bonchev–Trinajstić information content (AvgIpc) is 2.96. The number of halogens is 1. The fourth-order valence-corrected chi connectivity index (χ4v) is 2.86. The van der Waals surface area contributed by atoms with Gasteiger partial charge >= 0.3 is 6.03 Å². The topological polar surface area (TPSA) is 54.5 Å². The first-order valence-corrected chi connectivity index (χ1v) is 8.52. The minimum absolute atomic E-state index is 0.160. The lowest BCUT2D eigenvalue weighted by atomic mass is 10.2. The largest absolute Gasteiger partial charge is 0.383 e. The fraction of sp³-hybridized carbons (Fsp3) is 0.375. The van der Waals surface area contributed by atoms with E-state index in [2.05, 4.69) is 10.3 Å². The third kappa shape index (κ3) is 5.49. The number of carbonyl (C=O) groups excluding carboxylic acids is 1. The molecule has 2 rings (SSSR count). The van der Waals surface area contributed by atoms with Gasteiger partial charge in [0.2, 0.25) is 0 Å². The van der Waals surface area contributed by atoms with Crippen LogP contribution in [0.2, 0.25) is 5.02 Å². The highest BCUT2D eigenvalue weighted by atomic mass is 35.5. The summed E-state index contributed by atoms with van der Waals surface area (Å²) in [6.07, 6.45) is 0. The van der Waals surface area contributed by atoms with Gasteiger partial charge in [-0.15, -0.1) is 11.3 Å². The van der Waals surface area contributed by atoms with Gasteiger partial charge in [0.25, 0.3) is 0 Å². The van der Waals surface area contributed by atoms with Crippen molar-refractivity contribution >= 4 is 29.0 Å². The molecule has 0 aliphatic carbocycles.